The summed E-state index contributed by atoms with van der Waals surface area (Å²) in [6, 6.07) is 0.479. The number of rotatable bonds is 8. The lowest BCUT2D eigenvalue weighted by atomic mass is 10.1. The molecule has 13 heteroatoms. The highest BCUT2D eigenvalue weighted by atomic mass is 79.9. The van der Waals surface area contributed by atoms with Crippen molar-refractivity contribution in [1.82, 2.24) is 34.6 Å². The fourth-order valence-electron chi connectivity index (χ4n) is 3.48. The van der Waals surface area contributed by atoms with Gasteiger partial charge in [-0.25, -0.2) is 13.1 Å². The highest BCUT2D eigenvalue weighted by Gasteiger charge is 2.28. The van der Waals surface area contributed by atoms with E-state index in [2.05, 4.69) is 51.3 Å². The first-order chi connectivity index (χ1) is 13.4. The summed E-state index contributed by atoms with van der Waals surface area (Å²) in [4.78, 5) is 15.3. The number of anilines is 2. The third kappa shape index (κ3) is 4.36. The largest absolute Gasteiger partial charge is 0.353 e. The van der Waals surface area contributed by atoms with Crippen LogP contribution in [-0.2, 0) is 10.0 Å². The molecule has 2 fully saturated rings. The Kier molecular flexibility index (Phi) is 5.67. The first kappa shape index (κ1) is 19.7. The van der Waals surface area contributed by atoms with Crippen LogP contribution in [0.15, 0.2) is 4.73 Å². The Labute approximate surface area is 171 Å². The van der Waals surface area contributed by atoms with Gasteiger partial charge in [0.05, 0.1) is 5.75 Å². The maximum absolute atomic E-state index is 12.3. The van der Waals surface area contributed by atoms with Crippen molar-refractivity contribution in [2.45, 2.75) is 37.8 Å². The van der Waals surface area contributed by atoms with Crippen molar-refractivity contribution >= 4 is 43.6 Å². The van der Waals surface area contributed by atoms with Gasteiger partial charge in [-0.15, -0.1) is 5.10 Å². The smallest absolute Gasteiger partial charge is 0.259 e. The monoisotopic (exact) mass is 473 g/mol. The van der Waals surface area contributed by atoms with Crippen LogP contribution in [-0.4, -0.2) is 77.5 Å². The number of aromatic nitrogens is 5. The van der Waals surface area contributed by atoms with Crippen molar-refractivity contribution in [3.05, 3.63) is 4.73 Å². The molecule has 11 nitrogen and oxygen atoms in total. The summed E-state index contributed by atoms with van der Waals surface area (Å²) in [7, 11) is -1.42. The number of nitrogens with zero attached hydrogens (tertiary/aromatic N) is 6. The van der Waals surface area contributed by atoms with Gasteiger partial charge in [0.1, 0.15) is 0 Å². The lowest BCUT2D eigenvalue weighted by Gasteiger charge is -2.38. The molecular weight excluding hydrogens is 450 g/mol. The lowest BCUT2D eigenvalue weighted by molar-refractivity contribution is 0.443. The number of sulfonamides is 1. The predicted octanol–water partition coefficient (Wildman–Crippen LogP) is -0.0363. The first-order valence-electron chi connectivity index (χ1n) is 9.40. The Morgan fingerprint density at radius 3 is 2.61 bits per heavy atom. The van der Waals surface area contributed by atoms with Crippen LogP contribution in [0.4, 0.5) is 11.9 Å². The Hall–Kier alpha value is -1.57. The Morgan fingerprint density at radius 2 is 1.89 bits per heavy atom. The van der Waals surface area contributed by atoms with Gasteiger partial charge in [-0.1, -0.05) is 12.8 Å². The Bertz CT molecular complexity index is 938. The maximum atomic E-state index is 12.3. The second-order valence-electron chi connectivity index (χ2n) is 7.18. The summed E-state index contributed by atoms with van der Waals surface area (Å²) < 4.78 is 29.3. The molecule has 2 aromatic heterocycles. The van der Waals surface area contributed by atoms with E-state index in [1.54, 1.807) is 0 Å². The van der Waals surface area contributed by atoms with Gasteiger partial charge in [-0.3, -0.25) is 0 Å². The molecule has 0 spiro atoms. The van der Waals surface area contributed by atoms with Gasteiger partial charge in [0.15, 0.2) is 0 Å². The van der Waals surface area contributed by atoms with E-state index in [0.29, 0.717) is 28.4 Å². The average Bonchev–Trinajstić information content (AvgIpc) is 3.22. The van der Waals surface area contributed by atoms with E-state index in [1.165, 1.54) is 4.52 Å². The summed E-state index contributed by atoms with van der Waals surface area (Å²) in [5.41, 5.74) is 0. The summed E-state index contributed by atoms with van der Waals surface area (Å²) in [6.45, 7) is 1.83. The van der Waals surface area contributed by atoms with Crippen LogP contribution in [0.25, 0.3) is 5.78 Å². The van der Waals surface area contributed by atoms with Crippen molar-refractivity contribution in [1.29, 1.82) is 0 Å². The Balaban J connectivity index is 1.45. The topological polar surface area (TPSA) is 129 Å². The molecule has 1 saturated heterocycles. The highest BCUT2D eigenvalue weighted by molar-refractivity contribution is 9.10. The van der Waals surface area contributed by atoms with E-state index in [0.717, 1.165) is 38.8 Å². The third-order valence-electron chi connectivity index (χ3n) is 5.10. The number of hydrogen-bond acceptors (Lipinski definition) is 9. The van der Waals surface area contributed by atoms with Gasteiger partial charge in [0, 0.05) is 31.7 Å². The minimum atomic E-state index is -3.34. The second kappa shape index (κ2) is 8.05. The molecule has 0 amide bonds. The third-order valence-corrected chi connectivity index (χ3v) is 6.87. The fourth-order valence-corrected chi connectivity index (χ4v) is 5.03. The van der Waals surface area contributed by atoms with Gasteiger partial charge in [0.2, 0.25) is 26.7 Å². The van der Waals surface area contributed by atoms with Crippen LogP contribution in [0.3, 0.4) is 0 Å². The van der Waals surface area contributed by atoms with Gasteiger partial charge < -0.3 is 15.5 Å². The summed E-state index contributed by atoms with van der Waals surface area (Å²) in [6.07, 6.45) is 4.00. The number of hydrogen-bond donors (Lipinski definition) is 3. The molecule has 2 aromatic rings. The van der Waals surface area contributed by atoms with Gasteiger partial charge in [0.25, 0.3) is 5.78 Å². The zero-order valence-electron chi connectivity index (χ0n) is 15.6. The van der Waals surface area contributed by atoms with E-state index in [1.807, 2.05) is 11.9 Å². The molecular formula is C15H24BrN9O2S. The van der Waals surface area contributed by atoms with Crippen LogP contribution in [0.5, 0.6) is 0 Å². The van der Waals surface area contributed by atoms with Gasteiger partial charge in [-0.2, -0.15) is 19.5 Å². The molecule has 154 valence electrons. The molecule has 1 aliphatic carbocycles. The minimum absolute atomic E-state index is 0.0360. The molecule has 4 rings (SSSR count). The van der Waals surface area contributed by atoms with Gasteiger partial charge >= 0.3 is 0 Å². The van der Waals surface area contributed by atoms with Crippen molar-refractivity contribution in [2.24, 2.45) is 0 Å². The van der Waals surface area contributed by atoms with E-state index < -0.39 is 10.0 Å². The standard InChI is InChI=1S/C15H24BrN9O2S/c1-17-11-8-24(9-11)14-20-13(25-15(21-14)19-12(16)22-25)18-6-7-28(26,27)23-10-4-2-3-5-10/h10-11,17,23H,2-9H2,1H3,(H,18,19,20,21,22). The molecule has 0 radical (unpaired) electrons. The number of fused-ring (bicyclic) bond motifs is 1. The molecule has 0 atom stereocenters. The van der Waals surface area contributed by atoms with Crippen LogP contribution in [0.2, 0.25) is 0 Å². The van der Waals surface area contributed by atoms with Crippen molar-refractivity contribution < 1.29 is 8.42 Å². The molecule has 2 aliphatic rings. The Morgan fingerprint density at radius 1 is 1.14 bits per heavy atom. The predicted molar refractivity (Wildman–Crippen MR) is 109 cm³/mol. The first-order valence-corrected chi connectivity index (χ1v) is 11.8. The maximum Gasteiger partial charge on any atom is 0.259 e. The van der Waals surface area contributed by atoms with E-state index in [9.17, 15) is 8.42 Å². The number of likely N-dealkylation sites (N-methyl/N-ethyl adjacent to an activating group) is 1. The average molecular weight is 474 g/mol. The SMILES string of the molecule is CNC1CN(c2nc(NCCS(=O)(=O)NC3CCCC3)n3nc(Br)nc3n2)C1. The van der Waals surface area contributed by atoms with E-state index in [-0.39, 0.29) is 18.3 Å². The summed E-state index contributed by atoms with van der Waals surface area (Å²) in [5, 5.41) is 10.5. The second-order valence-corrected chi connectivity index (χ2v) is 9.76. The van der Waals surface area contributed by atoms with Crippen molar-refractivity contribution in [3.63, 3.8) is 0 Å². The van der Waals surface area contributed by atoms with Crippen LogP contribution < -0.4 is 20.3 Å². The molecule has 0 aromatic carbocycles. The molecule has 0 unspecified atom stereocenters. The fraction of sp³-hybridized carbons (Fsp3) is 0.733. The van der Waals surface area contributed by atoms with E-state index >= 15 is 0 Å². The quantitative estimate of drug-likeness (QED) is 0.483. The van der Waals surface area contributed by atoms with E-state index in [4.69, 9.17) is 0 Å². The van der Waals surface area contributed by atoms with Crippen LogP contribution in [0.1, 0.15) is 25.7 Å². The zero-order valence-corrected chi connectivity index (χ0v) is 18.0. The van der Waals surface area contributed by atoms with Gasteiger partial charge in [-0.05, 0) is 35.8 Å². The molecule has 28 heavy (non-hydrogen) atoms. The zero-order chi connectivity index (χ0) is 19.7. The van der Waals surface area contributed by atoms with Crippen molar-refractivity contribution in [2.75, 3.05) is 42.7 Å². The number of halogens is 1. The highest BCUT2D eigenvalue weighted by Crippen LogP contribution is 2.20. The molecule has 1 saturated carbocycles. The summed E-state index contributed by atoms with van der Waals surface area (Å²) in [5.74, 6) is 1.33. The number of nitrogens with one attached hydrogen (secondary N) is 3. The normalized spacial score (nSPS) is 18.7. The minimum Gasteiger partial charge on any atom is -0.353 e. The van der Waals surface area contributed by atoms with Crippen LogP contribution >= 0.6 is 15.9 Å². The lowest BCUT2D eigenvalue weighted by Crippen LogP contribution is -2.57. The van der Waals surface area contributed by atoms with Crippen molar-refractivity contribution in [3.8, 4) is 0 Å². The molecule has 3 N–H and O–H groups in total. The molecule has 3 heterocycles. The summed E-state index contributed by atoms with van der Waals surface area (Å²) >= 11 is 3.25. The molecule has 0 bridgehead atoms. The molecule has 1 aliphatic heterocycles. The van der Waals surface area contributed by atoms with Crippen LogP contribution in [0, 0.1) is 0 Å².